The first-order chi connectivity index (χ1) is 11.5. The summed E-state index contributed by atoms with van der Waals surface area (Å²) in [5, 5.41) is 3.06. The summed E-state index contributed by atoms with van der Waals surface area (Å²) in [4.78, 5) is 15.0. The standard InChI is InChI=1S/C20H25N3O/c1-14-9-11-23(12-10-14)19-8-7-16(21)13-18(19)22-20(24)17-6-4-3-5-15(17)2/h3-8,13-14H,9-12,21H2,1-2H3,(H,22,24). The number of nitrogens with one attached hydrogen (secondary N) is 1. The summed E-state index contributed by atoms with van der Waals surface area (Å²) in [5.74, 6) is 0.672. The number of hydrogen-bond donors (Lipinski definition) is 2. The van der Waals surface area contributed by atoms with Crippen molar-refractivity contribution in [2.75, 3.05) is 29.0 Å². The molecular formula is C20H25N3O. The third-order valence-electron chi connectivity index (χ3n) is 4.78. The molecule has 24 heavy (non-hydrogen) atoms. The first-order valence-corrected chi connectivity index (χ1v) is 8.56. The predicted octanol–water partition coefficient (Wildman–Crippen LogP) is 4.07. The third kappa shape index (κ3) is 3.53. The van der Waals surface area contributed by atoms with E-state index in [-0.39, 0.29) is 5.91 Å². The SMILES string of the molecule is Cc1ccccc1C(=O)Nc1cc(N)ccc1N1CCC(C)CC1. The summed E-state index contributed by atoms with van der Waals surface area (Å²) in [7, 11) is 0. The van der Waals surface area contributed by atoms with E-state index in [4.69, 9.17) is 5.73 Å². The molecule has 2 aromatic carbocycles. The largest absolute Gasteiger partial charge is 0.399 e. The van der Waals surface area contributed by atoms with Crippen molar-refractivity contribution in [1.82, 2.24) is 0 Å². The van der Waals surface area contributed by atoms with E-state index >= 15 is 0 Å². The van der Waals surface area contributed by atoms with Gasteiger partial charge in [-0.1, -0.05) is 25.1 Å². The average molecular weight is 323 g/mol. The summed E-state index contributed by atoms with van der Waals surface area (Å²) in [6, 6.07) is 13.4. The van der Waals surface area contributed by atoms with Gasteiger partial charge in [0.05, 0.1) is 11.4 Å². The fourth-order valence-corrected chi connectivity index (χ4v) is 3.20. The van der Waals surface area contributed by atoms with E-state index in [2.05, 4.69) is 17.1 Å². The van der Waals surface area contributed by atoms with Crippen molar-refractivity contribution in [1.29, 1.82) is 0 Å². The van der Waals surface area contributed by atoms with Gasteiger partial charge in [-0.3, -0.25) is 4.79 Å². The van der Waals surface area contributed by atoms with Gasteiger partial charge in [0, 0.05) is 24.3 Å². The van der Waals surface area contributed by atoms with Crippen molar-refractivity contribution in [2.45, 2.75) is 26.7 Å². The normalized spacial score (nSPS) is 15.3. The zero-order chi connectivity index (χ0) is 17.1. The van der Waals surface area contributed by atoms with Crippen LogP contribution in [0.5, 0.6) is 0 Å². The molecule has 1 saturated heterocycles. The minimum Gasteiger partial charge on any atom is -0.399 e. The highest BCUT2D eigenvalue weighted by Crippen LogP contribution is 2.32. The Morgan fingerprint density at radius 1 is 1.17 bits per heavy atom. The molecular weight excluding hydrogens is 298 g/mol. The maximum absolute atomic E-state index is 12.7. The molecule has 0 spiro atoms. The molecule has 3 N–H and O–H groups in total. The molecule has 0 saturated carbocycles. The number of nitrogens with two attached hydrogens (primary N) is 1. The van der Waals surface area contributed by atoms with Crippen LogP contribution in [0.1, 0.15) is 35.7 Å². The second-order valence-corrected chi connectivity index (χ2v) is 6.72. The van der Waals surface area contributed by atoms with Gasteiger partial charge in [0.2, 0.25) is 0 Å². The highest BCUT2D eigenvalue weighted by molar-refractivity contribution is 6.07. The van der Waals surface area contributed by atoms with Gasteiger partial charge in [-0.15, -0.1) is 0 Å². The Balaban J connectivity index is 1.86. The van der Waals surface area contributed by atoms with Crippen molar-refractivity contribution in [3.05, 3.63) is 53.6 Å². The number of rotatable bonds is 3. The number of carbonyl (C=O) groups excluding carboxylic acids is 1. The van der Waals surface area contributed by atoms with E-state index in [1.54, 1.807) is 0 Å². The molecule has 0 bridgehead atoms. The average Bonchev–Trinajstić information content (AvgIpc) is 2.56. The number of carbonyl (C=O) groups is 1. The van der Waals surface area contributed by atoms with Gasteiger partial charge < -0.3 is 16.0 Å². The number of nitrogen functional groups attached to an aromatic ring is 1. The fourth-order valence-electron chi connectivity index (χ4n) is 3.20. The highest BCUT2D eigenvalue weighted by Gasteiger charge is 2.20. The molecule has 1 fully saturated rings. The summed E-state index contributed by atoms with van der Waals surface area (Å²) in [6.07, 6.45) is 2.35. The van der Waals surface area contributed by atoms with Crippen LogP contribution in [0, 0.1) is 12.8 Å². The van der Waals surface area contributed by atoms with E-state index in [9.17, 15) is 4.79 Å². The zero-order valence-electron chi connectivity index (χ0n) is 14.4. The summed E-state index contributed by atoms with van der Waals surface area (Å²) >= 11 is 0. The third-order valence-corrected chi connectivity index (χ3v) is 4.78. The van der Waals surface area contributed by atoms with Gasteiger partial charge in [0.1, 0.15) is 0 Å². The number of anilines is 3. The number of benzene rings is 2. The molecule has 2 aromatic rings. The monoisotopic (exact) mass is 323 g/mol. The van der Waals surface area contributed by atoms with Gasteiger partial charge in [-0.25, -0.2) is 0 Å². The van der Waals surface area contributed by atoms with Crippen molar-refractivity contribution in [3.63, 3.8) is 0 Å². The maximum Gasteiger partial charge on any atom is 0.255 e. The molecule has 3 rings (SSSR count). The van der Waals surface area contributed by atoms with Gasteiger partial charge in [0.15, 0.2) is 0 Å². The van der Waals surface area contributed by atoms with E-state index in [0.29, 0.717) is 11.3 Å². The molecule has 0 unspecified atom stereocenters. The number of nitrogens with zero attached hydrogens (tertiary/aromatic N) is 1. The van der Waals surface area contributed by atoms with E-state index < -0.39 is 0 Å². The molecule has 0 aromatic heterocycles. The lowest BCUT2D eigenvalue weighted by atomic mass is 9.98. The molecule has 0 atom stereocenters. The van der Waals surface area contributed by atoms with E-state index in [0.717, 1.165) is 35.9 Å². The van der Waals surface area contributed by atoms with Crippen LogP contribution >= 0.6 is 0 Å². The Labute approximate surface area is 143 Å². The topological polar surface area (TPSA) is 58.4 Å². The lowest BCUT2D eigenvalue weighted by Crippen LogP contribution is -2.33. The van der Waals surface area contributed by atoms with Crippen molar-refractivity contribution in [3.8, 4) is 0 Å². The number of aryl methyl sites for hydroxylation is 1. The lowest BCUT2D eigenvalue weighted by Gasteiger charge is -2.33. The number of amides is 1. The van der Waals surface area contributed by atoms with Crippen LogP contribution in [-0.2, 0) is 0 Å². The van der Waals surface area contributed by atoms with Crippen LogP contribution < -0.4 is 16.0 Å². The Bertz CT molecular complexity index is 733. The van der Waals surface area contributed by atoms with Gasteiger partial charge in [-0.05, 0) is 55.5 Å². The second-order valence-electron chi connectivity index (χ2n) is 6.72. The van der Waals surface area contributed by atoms with Crippen LogP contribution in [0.2, 0.25) is 0 Å². The minimum absolute atomic E-state index is 0.0923. The fraction of sp³-hybridized carbons (Fsp3) is 0.350. The second kappa shape index (κ2) is 6.95. The van der Waals surface area contributed by atoms with Crippen LogP contribution in [0.25, 0.3) is 0 Å². The predicted molar refractivity (Wildman–Crippen MR) is 101 cm³/mol. The molecule has 1 aliphatic rings. The first-order valence-electron chi connectivity index (χ1n) is 8.56. The summed E-state index contributed by atoms with van der Waals surface area (Å²) in [6.45, 7) is 6.26. The smallest absolute Gasteiger partial charge is 0.255 e. The van der Waals surface area contributed by atoms with Crippen LogP contribution in [0.4, 0.5) is 17.1 Å². The van der Waals surface area contributed by atoms with Crippen molar-refractivity contribution < 1.29 is 4.79 Å². The maximum atomic E-state index is 12.7. The molecule has 126 valence electrons. The summed E-state index contributed by atoms with van der Waals surface area (Å²) < 4.78 is 0. The van der Waals surface area contributed by atoms with Crippen LogP contribution in [-0.4, -0.2) is 19.0 Å². The zero-order valence-corrected chi connectivity index (χ0v) is 14.4. The molecule has 1 heterocycles. The Morgan fingerprint density at radius 3 is 2.58 bits per heavy atom. The molecule has 1 aliphatic heterocycles. The van der Waals surface area contributed by atoms with Gasteiger partial charge in [-0.2, -0.15) is 0 Å². The number of hydrogen-bond acceptors (Lipinski definition) is 3. The Morgan fingerprint density at radius 2 is 1.88 bits per heavy atom. The molecule has 4 heteroatoms. The molecule has 0 aliphatic carbocycles. The molecule has 0 radical (unpaired) electrons. The van der Waals surface area contributed by atoms with Crippen molar-refractivity contribution >= 4 is 23.0 Å². The van der Waals surface area contributed by atoms with Gasteiger partial charge >= 0.3 is 0 Å². The van der Waals surface area contributed by atoms with Crippen LogP contribution in [0.15, 0.2) is 42.5 Å². The lowest BCUT2D eigenvalue weighted by molar-refractivity contribution is 0.102. The quantitative estimate of drug-likeness (QED) is 0.837. The number of piperidine rings is 1. The van der Waals surface area contributed by atoms with E-state index in [1.165, 1.54) is 12.8 Å². The van der Waals surface area contributed by atoms with Crippen molar-refractivity contribution in [2.24, 2.45) is 5.92 Å². The Kier molecular flexibility index (Phi) is 4.74. The molecule has 1 amide bonds. The first kappa shape index (κ1) is 16.4. The van der Waals surface area contributed by atoms with Crippen LogP contribution in [0.3, 0.4) is 0 Å². The Hall–Kier alpha value is -2.49. The van der Waals surface area contributed by atoms with Gasteiger partial charge in [0.25, 0.3) is 5.91 Å². The minimum atomic E-state index is -0.0923. The van der Waals surface area contributed by atoms with E-state index in [1.807, 2.05) is 49.4 Å². The molecule has 4 nitrogen and oxygen atoms in total. The highest BCUT2D eigenvalue weighted by atomic mass is 16.1. The summed E-state index contributed by atoms with van der Waals surface area (Å²) in [5.41, 5.74) is 10.1.